The van der Waals surface area contributed by atoms with Crippen LogP contribution in [0, 0.1) is 0 Å². The normalized spacial score (nSPS) is 11.8. The predicted molar refractivity (Wildman–Crippen MR) is 61.8 cm³/mol. The lowest BCUT2D eigenvalue weighted by molar-refractivity contribution is -0.0761. The summed E-state index contributed by atoms with van der Waals surface area (Å²) in [5.74, 6) is -1.20. The van der Waals surface area contributed by atoms with Gasteiger partial charge in [-0.1, -0.05) is 18.2 Å². The van der Waals surface area contributed by atoms with E-state index in [1.54, 1.807) is 6.07 Å². The molecule has 1 aromatic carbocycles. The first kappa shape index (κ1) is 17.7. The number of benzene rings is 1. The zero-order valence-electron chi connectivity index (χ0n) is 9.42. The molecule has 108 valence electrons. The van der Waals surface area contributed by atoms with E-state index in [1.165, 1.54) is 24.3 Å². The van der Waals surface area contributed by atoms with E-state index >= 15 is 0 Å². The summed E-state index contributed by atoms with van der Waals surface area (Å²) in [6, 6.07) is 7.03. The fraction of sp³-hybridized carbons (Fsp3) is 0.222. The third-order valence-electron chi connectivity index (χ3n) is 1.85. The zero-order valence-corrected chi connectivity index (χ0v) is 11.1. The lowest BCUT2D eigenvalue weighted by Crippen LogP contribution is -2.39. The SMILES string of the molecule is CN(OC(=O)c1ccccc1)S(=O)(=O)C(F)(F)F.Cl. The highest BCUT2D eigenvalue weighted by Crippen LogP contribution is 2.26. The van der Waals surface area contributed by atoms with Gasteiger partial charge in [0, 0.05) is 7.05 Å². The van der Waals surface area contributed by atoms with Gasteiger partial charge in [-0.15, -0.1) is 12.4 Å². The van der Waals surface area contributed by atoms with Crippen LogP contribution in [0.5, 0.6) is 0 Å². The highest BCUT2D eigenvalue weighted by Gasteiger charge is 2.50. The van der Waals surface area contributed by atoms with Gasteiger partial charge >= 0.3 is 21.5 Å². The maximum atomic E-state index is 12.1. The van der Waals surface area contributed by atoms with E-state index in [-0.39, 0.29) is 18.0 Å². The number of hydrogen-bond donors (Lipinski definition) is 0. The van der Waals surface area contributed by atoms with E-state index < -0.39 is 26.0 Å². The number of nitrogens with zero attached hydrogens (tertiary/aromatic N) is 1. The Bertz CT molecular complexity index is 532. The molecule has 0 bridgehead atoms. The van der Waals surface area contributed by atoms with E-state index in [1.807, 2.05) is 0 Å². The van der Waals surface area contributed by atoms with Gasteiger partial charge in [-0.25, -0.2) is 4.79 Å². The summed E-state index contributed by atoms with van der Waals surface area (Å²) in [5, 5.41) is 0. The average Bonchev–Trinajstić information content (AvgIpc) is 2.28. The molecule has 0 atom stereocenters. The Morgan fingerprint density at radius 1 is 1.21 bits per heavy atom. The fourth-order valence-corrected chi connectivity index (χ4v) is 1.40. The number of carbonyl (C=O) groups excluding carboxylic acids is 1. The molecular weight excluding hydrogens is 311 g/mol. The van der Waals surface area contributed by atoms with E-state index in [0.29, 0.717) is 7.05 Å². The van der Waals surface area contributed by atoms with Gasteiger partial charge in [-0.2, -0.15) is 21.6 Å². The van der Waals surface area contributed by atoms with E-state index in [2.05, 4.69) is 4.84 Å². The third-order valence-corrected chi connectivity index (χ3v) is 3.19. The van der Waals surface area contributed by atoms with Crippen LogP contribution >= 0.6 is 12.4 Å². The van der Waals surface area contributed by atoms with Crippen molar-refractivity contribution >= 4 is 28.4 Å². The molecule has 0 aromatic heterocycles. The maximum Gasteiger partial charge on any atom is 0.514 e. The van der Waals surface area contributed by atoms with E-state index in [0.717, 1.165) is 0 Å². The molecule has 0 amide bonds. The summed E-state index contributed by atoms with van der Waals surface area (Å²) in [6.45, 7) is 0. The number of halogens is 4. The minimum atomic E-state index is -5.69. The molecule has 1 aromatic rings. The molecule has 0 unspecified atom stereocenters. The van der Waals surface area contributed by atoms with Crippen LogP contribution in [0.4, 0.5) is 13.2 Å². The largest absolute Gasteiger partial charge is 0.514 e. The van der Waals surface area contributed by atoms with Crippen molar-refractivity contribution in [2.75, 3.05) is 7.05 Å². The van der Waals surface area contributed by atoms with Crippen molar-refractivity contribution in [3.63, 3.8) is 0 Å². The van der Waals surface area contributed by atoms with Gasteiger partial charge < -0.3 is 4.84 Å². The van der Waals surface area contributed by atoms with Gasteiger partial charge in [-0.05, 0) is 16.6 Å². The molecule has 0 saturated heterocycles. The van der Waals surface area contributed by atoms with Crippen LogP contribution in [0.15, 0.2) is 30.3 Å². The molecule has 0 aliphatic carbocycles. The Labute approximate surface area is 113 Å². The van der Waals surface area contributed by atoms with E-state index in [9.17, 15) is 26.4 Å². The van der Waals surface area contributed by atoms with Crippen molar-refractivity contribution in [1.29, 1.82) is 0 Å². The molecule has 10 heteroatoms. The summed E-state index contributed by atoms with van der Waals surface area (Å²) < 4.78 is 57.5. The Kier molecular flexibility index (Phi) is 5.79. The quantitative estimate of drug-likeness (QED) is 0.799. The Morgan fingerprint density at radius 2 is 1.68 bits per heavy atom. The lowest BCUT2D eigenvalue weighted by atomic mass is 10.2. The zero-order chi connectivity index (χ0) is 14.0. The molecular formula is C9H9ClF3NO4S. The Balaban J connectivity index is 0.00000324. The predicted octanol–water partition coefficient (Wildman–Crippen LogP) is 1.96. The van der Waals surface area contributed by atoms with Crippen molar-refractivity contribution in [3.05, 3.63) is 35.9 Å². The fourth-order valence-electron chi connectivity index (χ4n) is 0.939. The van der Waals surface area contributed by atoms with Crippen molar-refractivity contribution < 1.29 is 31.2 Å². The Hall–Kier alpha value is -1.32. The summed E-state index contributed by atoms with van der Waals surface area (Å²) in [4.78, 5) is 15.4. The third kappa shape index (κ3) is 4.08. The minimum Gasteiger partial charge on any atom is -0.348 e. The topological polar surface area (TPSA) is 63.7 Å². The van der Waals surface area contributed by atoms with Gasteiger partial charge in [-0.3, -0.25) is 0 Å². The molecule has 0 radical (unpaired) electrons. The number of sulfonamides is 1. The highest BCUT2D eigenvalue weighted by atomic mass is 35.5. The van der Waals surface area contributed by atoms with Crippen molar-refractivity contribution in [3.8, 4) is 0 Å². The first-order chi connectivity index (χ1) is 8.16. The molecule has 0 saturated carbocycles. The van der Waals surface area contributed by atoms with Crippen LogP contribution in [0.25, 0.3) is 0 Å². The molecule has 0 heterocycles. The smallest absolute Gasteiger partial charge is 0.348 e. The van der Waals surface area contributed by atoms with Crippen LogP contribution < -0.4 is 0 Å². The molecule has 0 fully saturated rings. The van der Waals surface area contributed by atoms with Crippen LogP contribution in [0.2, 0.25) is 0 Å². The number of rotatable bonds is 3. The monoisotopic (exact) mass is 319 g/mol. The molecule has 19 heavy (non-hydrogen) atoms. The lowest BCUT2D eigenvalue weighted by Gasteiger charge is -2.17. The highest BCUT2D eigenvalue weighted by molar-refractivity contribution is 7.89. The van der Waals surface area contributed by atoms with Crippen LogP contribution in [-0.2, 0) is 14.9 Å². The summed E-state index contributed by atoms with van der Waals surface area (Å²) in [6.07, 6.45) is 0. The van der Waals surface area contributed by atoms with Gasteiger partial charge in [0.25, 0.3) is 0 Å². The van der Waals surface area contributed by atoms with Crippen LogP contribution in [0.3, 0.4) is 0 Å². The van der Waals surface area contributed by atoms with Crippen molar-refractivity contribution in [2.24, 2.45) is 0 Å². The second kappa shape index (κ2) is 6.22. The summed E-state index contributed by atoms with van der Waals surface area (Å²) in [5.41, 5.74) is -5.60. The molecule has 0 spiro atoms. The first-order valence-electron chi connectivity index (χ1n) is 4.49. The van der Waals surface area contributed by atoms with Gasteiger partial charge in [0.15, 0.2) is 0 Å². The van der Waals surface area contributed by atoms with Gasteiger partial charge in [0.1, 0.15) is 0 Å². The average molecular weight is 320 g/mol. The van der Waals surface area contributed by atoms with Crippen LogP contribution in [0.1, 0.15) is 10.4 Å². The number of hydroxylamine groups is 1. The Morgan fingerprint density at radius 3 is 2.11 bits per heavy atom. The van der Waals surface area contributed by atoms with E-state index in [4.69, 9.17) is 0 Å². The molecule has 0 aliphatic rings. The number of carbonyl (C=O) groups is 1. The molecule has 1 rings (SSSR count). The number of alkyl halides is 3. The summed E-state index contributed by atoms with van der Waals surface area (Å²) in [7, 11) is -5.20. The van der Waals surface area contributed by atoms with Crippen molar-refractivity contribution in [2.45, 2.75) is 5.51 Å². The molecule has 5 nitrogen and oxygen atoms in total. The molecule has 0 N–H and O–H groups in total. The summed E-state index contributed by atoms with van der Waals surface area (Å²) >= 11 is 0. The standard InChI is InChI=1S/C9H8F3NO4S.ClH/c1-13(18(15,16)9(10,11)12)17-8(14)7-5-3-2-4-6-7;/h2-6H,1H3;1H. The molecule has 0 aliphatic heterocycles. The first-order valence-corrected chi connectivity index (χ1v) is 5.93. The minimum absolute atomic E-state index is 0. The second-order valence-electron chi connectivity index (χ2n) is 3.11. The maximum absolute atomic E-state index is 12.1. The number of hydrogen-bond acceptors (Lipinski definition) is 4. The van der Waals surface area contributed by atoms with Crippen LogP contribution in [-0.4, -0.2) is 31.4 Å². The van der Waals surface area contributed by atoms with Crippen molar-refractivity contribution in [1.82, 2.24) is 4.47 Å². The van der Waals surface area contributed by atoms with Gasteiger partial charge in [0.05, 0.1) is 5.56 Å². The van der Waals surface area contributed by atoms with Gasteiger partial charge in [0.2, 0.25) is 0 Å². The second-order valence-corrected chi connectivity index (χ2v) is 5.03.